The summed E-state index contributed by atoms with van der Waals surface area (Å²) in [6, 6.07) is 1.45. The van der Waals surface area contributed by atoms with Gasteiger partial charge in [-0.15, -0.1) is 0 Å². The standard InChI is InChI=1S/C21H21F2N5O/c22-17-7-13(10-28-14(11-29)8-24-19(17)28)15-3-1-2-4-18-16(15)9-25-20(27-18)26-12-21(23)5-6-21/h3,7-10,29H,1-2,4-6,11-12H2,(H,25,26,27). The van der Waals surface area contributed by atoms with Crippen molar-refractivity contribution >= 4 is 17.2 Å². The zero-order valence-electron chi connectivity index (χ0n) is 15.8. The van der Waals surface area contributed by atoms with Crippen LogP contribution < -0.4 is 5.32 Å². The van der Waals surface area contributed by atoms with Crippen LogP contribution in [-0.2, 0) is 13.0 Å². The van der Waals surface area contributed by atoms with Gasteiger partial charge in [0.25, 0.3) is 0 Å². The van der Waals surface area contributed by atoms with E-state index in [0.29, 0.717) is 30.0 Å². The molecule has 0 aliphatic heterocycles. The number of alkyl halides is 1. The largest absolute Gasteiger partial charge is 0.390 e. The summed E-state index contributed by atoms with van der Waals surface area (Å²) in [5.74, 6) is -0.0292. The number of nitrogens with one attached hydrogen (secondary N) is 1. The van der Waals surface area contributed by atoms with Crippen LogP contribution >= 0.6 is 0 Å². The second kappa shape index (κ2) is 6.88. The molecule has 29 heavy (non-hydrogen) atoms. The number of allylic oxidation sites excluding steroid dienone is 1. The van der Waals surface area contributed by atoms with Gasteiger partial charge in [0.1, 0.15) is 5.67 Å². The highest BCUT2D eigenvalue weighted by atomic mass is 19.1. The van der Waals surface area contributed by atoms with Gasteiger partial charge in [0.15, 0.2) is 11.5 Å². The Bertz CT molecular complexity index is 1120. The summed E-state index contributed by atoms with van der Waals surface area (Å²) in [7, 11) is 0. The highest BCUT2D eigenvalue weighted by Crippen LogP contribution is 2.39. The second-order valence-electron chi connectivity index (χ2n) is 7.75. The van der Waals surface area contributed by atoms with Gasteiger partial charge in [-0.3, -0.25) is 4.40 Å². The molecule has 0 bridgehead atoms. The van der Waals surface area contributed by atoms with E-state index in [2.05, 4.69) is 26.3 Å². The molecule has 2 aliphatic rings. The average molecular weight is 397 g/mol. The van der Waals surface area contributed by atoms with Crippen LogP contribution in [0.4, 0.5) is 14.7 Å². The fourth-order valence-electron chi connectivity index (χ4n) is 3.73. The predicted molar refractivity (Wildman–Crippen MR) is 105 cm³/mol. The molecule has 8 heteroatoms. The molecule has 1 saturated carbocycles. The maximum Gasteiger partial charge on any atom is 0.222 e. The molecule has 2 aliphatic carbocycles. The molecule has 0 aromatic carbocycles. The molecule has 0 amide bonds. The number of fused-ring (bicyclic) bond motifs is 2. The maximum absolute atomic E-state index is 14.6. The van der Waals surface area contributed by atoms with Crippen LogP contribution in [0.3, 0.4) is 0 Å². The van der Waals surface area contributed by atoms with Crippen LogP contribution in [0.5, 0.6) is 0 Å². The van der Waals surface area contributed by atoms with Crippen molar-refractivity contribution in [3.8, 4) is 0 Å². The quantitative estimate of drug-likeness (QED) is 0.690. The number of aryl methyl sites for hydroxylation is 1. The molecule has 3 heterocycles. The first-order valence-electron chi connectivity index (χ1n) is 9.82. The Morgan fingerprint density at radius 2 is 2.10 bits per heavy atom. The Morgan fingerprint density at radius 1 is 1.24 bits per heavy atom. The van der Waals surface area contributed by atoms with E-state index in [1.807, 2.05) is 0 Å². The predicted octanol–water partition coefficient (Wildman–Crippen LogP) is 3.44. The summed E-state index contributed by atoms with van der Waals surface area (Å²) in [4.78, 5) is 13.0. The number of anilines is 1. The lowest BCUT2D eigenvalue weighted by Gasteiger charge is -2.14. The number of imidazole rings is 1. The molecule has 3 aromatic rings. The fraction of sp³-hybridized carbons (Fsp3) is 0.381. The van der Waals surface area contributed by atoms with Gasteiger partial charge >= 0.3 is 0 Å². The van der Waals surface area contributed by atoms with Crippen molar-refractivity contribution in [3.05, 3.63) is 59.1 Å². The van der Waals surface area contributed by atoms with Crippen molar-refractivity contribution in [3.63, 3.8) is 0 Å². The van der Waals surface area contributed by atoms with Crippen molar-refractivity contribution in [1.29, 1.82) is 0 Å². The summed E-state index contributed by atoms with van der Waals surface area (Å²) < 4.78 is 30.1. The third-order valence-corrected chi connectivity index (χ3v) is 5.59. The lowest BCUT2D eigenvalue weighted by molar-refractivity contribution is 0.275. The summed E-state index contributed by atoms with van der Waals surface area (Å²) in [6.45, 7) is -0.00513. The minimum atomic E-state index is -1.12. The van der Waals surface area contributed by atoms with E-state index >= 15 is 0 Å². The van der Waals surface area contributed by atoms with Crippen molar-refractivity contribution in [1.82, 2.24) is 19.4 Å². The van der Waals surface area contributed by atoms with Crippen LogP contribution in [0.1, 0.15) is 48.2 Å². The van der Waals surface area contributed by atoms with Gasteiger partial charge in [0.2, 0.25) is 5.95 Å². The Labute approximate surface area is 166 Å². The SMILES string of the molecule is OCc1cnc2c(F)cc(C3=CCCCc4nc(NCC5(F)CC5)ncc43)cn12. The average Bonchev–Trinajstić information content (AvgIpc) is 3.37. The van der Waals surface area contributed by atoms with E-state index in [0.717, 1.165) is 36.1 Å². The molecule has 6 nitrogen and oxygen atoms in total. The first-order chi connectivity index (χ1) is 14.1. The zero-order valence-corrected chi connectivity index (χ0v) is 15.8. The van der Waals surface area contributed by atoms with Crippen molar-refractivity contribution < 1.29 is 13.9 Å². The summed E-state index contributed by atoms with van der Waals surface area (Å²) >= 11 is 0. The smallest absolute Gasteiger partial charge is 0.222 e. The Morgan fingerprint density at radius 3 is 2.90 bits per heavy atom. The topological polar surface area (TPSA) is 75.3 Å². The van der Waals surface area contributed by atoms with Gasteiger partial charge in [0.05, 0.1) is 30.7 Å². The van der Waals surface area contributed by atoms with E-state index in [9.17, 15) is 13.9 Å². The molecular formula is C21H21F2N5O. The van der Waals surface area contributed by atoms with E-state index < -0.39 is 11.5 Å². The molecule has 1 fully saturated rings. The van der Waals surface area contributed by atoms with Gasteiger partial charge < -0.3 is 10.4 Å². The van der Waals surface area contributed by atoms with Crippen molar-refractivity contribution in [2.75, 3.05) is 11.9 Å². The second-order valence-corrected chi connectivity index (χ2v) is 7.75. The summed E-state index contributed by atoms with van der Waals surface area (Å²) in [5, 5.41) is 12.5. The normalized spacial score (nSPS) is 17.6. The molecule has 5 rings (SSSR count). The van der Waals surface area contributed by atoms with Gasteiger partial charge in [-0.2, -0.15) is 0 Å². The van der Waals surface area contributed by atoms with Crippen LogP contribution in [0.15, 0.2) is 30.7 Å². The van der Waals surface area contributed by atoms with E-state index in [4.69, 9.17) is 0 Å². The molecule has 150 valence electrons. The van der Waals surface area contributed by atoms with Crippen LogP contribution in [0.2, 0.25) is 0 Å². The number of aromatic nitrogens is 4. The zero-order chi connectivity index (χ0) is 20.0. The van der Waals surface area contributed by atoms with Crippen LogP contribution in [-0.4, -0.2) is 36.7 Å². The first-order valence-corrected chi connectivity index (χ1v) is 9.82. The minimum Gasteiger partial charge on any atom is -0.390 e. The maximum atomic E-state index is 14.6. The van der Waals surface area contributed by atoms with Crippen molar-refractivity contribution in [2.45, 2.75) is 44.4 Å². The molecule has 0 unspecified atom stereocenters. The third-order valence-electron chi connectivity index (χ3n) is 5.59. The third kappa shape index (κ3) is 3.37. The first kappa shape index (κ1) is 18.2. The number of hydrogen-bond acceptors (Lipinski definition) is 5. The number of aliphatic hydroxyl groups excluding tert-OH is 1. The number of pyridine rings is 1. The van der Waals surface area contributed by atoms with Gasteiger partial charge in [-0.05, 0) is 43.7 Å². The van der Waals surface area contributed by atoms with Gasteiger partial charge in [-0.1, -0.05) is 6.08 Å². The molecule has 0 spiro atoms. The molecule has 0 atom stereocenters. The summed E-state index contributed by atoms with van der Waals surface area (Å²) in [6.07, 6.45) is 10.7. The fourth-order valence-corrected chi connectivity index (χ4v) is 3.73. The number of rotatable bonds is 5. The van der Waals surface area contributed by atoms with E-state index in [-0.39, 0.29) is 18.8 Å². The van der Waals surface area contributed by atoms with Crippen LogP contribution in [0.25, 0.3) is 11.2 Å². The molecule has 3 aromatic heterocycles. The number of halogens is 2. The van der Waals surface area contributed by atoms with E-state index in [1.165, 1.54) is 12.3 Å². The van der Waals surface area contributed by atoms with Gasteiger partial charge in [-0.25, -0.2) is 23.7 Å². The van der Waals surface area contributed by atoms with Gasteiger partial charge in [0, 0.05) is 23.5 Å². The Balaban J connectivity index is 1.53. The highest BCUT2D eigenvalue weighted by molar-refractivity contribution is 5.81. The molecule has 0 radical (unpaired) electrons. The molecular weight excluding hydrogens is 376 g/mol. The lowest BCUT2D eigenvalue weighted by atomic mass is 9.99. The van der Waals surface area contributed by atoms with Crippen LogP contribution in [0, 0.1) is 5.82 Å². The Kier molecular flexibility index (Phi) is 4.31. The van der Waals surface area contributed by atoms with E-state index in [1.54, 1.807) is 16.8 Å². The molecule has 0 saturated heterocycles. The summed E-state index contributed by atoms with van der Waals surface area (Å²) in [5.41, 5.74) is 2.82. The minimum absolute atomic E-state index is 0.184. The lowest BCUT2D eigenvalue weighted by Crippen LogP contribution is -2.18. The monoisotopic (exact) mass is 397 g/mol. The number of hydrogen-bond donors (Lipinski definition) is 2. The van der Waals surface area contributed by atoms with Crippen molar-refractivity contribution in [2.24, 2.45) is 0 Å². The Hall–Kier alpha value is -2.87. The molecule has 2 N–H and O–H groups in total. The number of aliphatic hydroxyl groups is 1. The number of nitrogens with zero attached hydrogens (tertiary/aromatic N) is 4. The highest BCUT2D eigenvalue weighted by Gasteiger charge is 2.43.